The number of carbonyl (C=O) groups is 1. The van der Waals surface area contributed by atoms with Crippen molar-refractivity contribution in [3.63, 3.8) is 0 Å². The van der Waals surface area contributed by atoms with Crippen molar-refractivity contribution < 1.29 is 9.53 Å². The molecule has 0 bridgehead atoms. The molecule has 1 amide bonds. The SMILES string of the molecule is CC(C)(C)OC(=O)NC1CCCN(c2nc3ccccc3[nH]2)C1. The van der Waals surface area contributed by atoms with Crippen LogP contribution in [-0.4, -0.2) is 40.8 Å². The topological polar surface area (TPSA) is 70.2 Å². The van der Waals surface area contributed by atoms with E-state index in [2.05, 4.69) is 20.2 Å². The molecule has 1 unspecified atom stereocenters. The van der Waals surface area contributed by atoms with Gasteiger partial charge in [0.2, 0.25) is 5.95 Å². The van der Waals surface area contributed by atoms with Gasteiger partial charge in [0.1, 0.15) is 5.60 Å². The zero-order chi connectivity index (χ0) is 16.4. The first-order valence-corrected chi connectivity index (χ1v) is 8.10. The second-order valence-electron chi connectivity index (χ2n) is 7.01. The highest BCUT2D eigenvalue weighted by Gasteiger charge is 2.25. The van der Waals surface area contributed by atoms with Crippen LogP contribution in [0, 0.1) is 0 Å². The predicted octanol–water partition coefficient (Wildman–Crippen LogP) is 3.06. The quantitative estimate of drug-likeness (QED) is 0.893. The zero-order valence-corrected chi connectivity index (χ0v) is 13.9. The number of anilines is 1. The van der Waals surface area contributed by atoms with E-state index in [4.69, 9.17) is 4.74 Å². The van der Waals surface area contributed by atoms with Crippen molar-refractivity contribution in [2.75, 3.05) is 18.0 Å². The summed E-state index contributed by atoms with van der Waals surface area (Å²) in [7, 11) is 0. The molecule has 1 aliphatic rings. The number of carbonyl (C=O) groups excluding carboxylic acids is 1. The van der Waals surface area contributed by atoms with Crippen molar-refractivity contribution in [2.24, 2.45) is 0 Å². The number of nitrogens with zero attached hydrogens (tertiary/aromatic N) is 2. The van der Waals surface area contributed by atoms with Gasteiger partial charge < -0.3 is 19.9 Å². The number of piperidine rings is 1. The molecule has 0 radical (unpaired) electrons. The Bertz CT molecular complexity index is 656. The van der Waals surface area contributed by atoms with Gasteiger partial charge in [0.15, 0.2) is 0 Å². The van der Waals surface area contributed by atoms with Gasteiger partial charge in [0.05, 0.1) is 11.0 Å². The van der Waals surface area contributed by atoms with E-state index in [1.807, 2.05) is 45.0 Å². The Labute approximate surface area is 136 Å². The van der Waals surface area contributed by atoms with Crippen molar-refractivity contribution in [2.45, 2.75) is 45.3 Å². The van der Waals surface area contributed by atoms with E-state index >= 15 is 0 Å². The Kier molecular flexibility index (Phi) is 4.15. The Morgan fingerprint density at radius 3 is 2.91 bits per heavy atom. The standard InChI is InChI=1S/C17H24N4O2/c1-17(2,3)23-16(22)18-12-7-6-10-21(11-12)15-19-13-8-4-5-9-14(13)20-15/h4-5,8-9,12H,6-7,10-11H2,1-3H3,(H,18,22)(H,19,20). The number of H-pyrrole nitrogens is 1. The van der Waals surface area contributed by atoms with E-state index in [1.54, 1.807) is 0 Å². The molecule has 124 valence electrons. The number of hydrogen-bond donors (Lipinski definition) is 2. The lowest BCUT2D eigenvalue weighted by molar-refractivity contribution is 0.0500. The number of amides is 1. The summed E-state index contributed by atoms with van der Waals surface area (Å²) in [5.41, 5.74) is 1.52. The van der Waals surface area contributed by atoms with E-state index in [0.29, 0.717) is 0 Å². The summed E-state index contributed by atoms with van der Waals surface area (Å²) in [6, 6.07) is 8.07. The number of fused-ring (bicyclic) bond motifs is 1. The van der Waals surface area contributed by atoms with Crippen LogP contribution < -0.4 is 10.2 Å². The third-order valence-corrected chi connectivity index (χ3v) is 3.82. The summed E-state index contributed by atoms with van der Waals surface area (Å²) in [6.07, 6.45) is 1.61. The molecule has 6 nitrogen and oxygen atoms in total. The van der Waals surface area contributed by atoms with Crippen LogP contribution in [0.5, 0.6) is 0 Å². The van der Waals surface area contributed by atoms with Gasteiger partial charge >= 0.3 is 6.09 Å². The molecule has 2 heterocycles. The number of aromatic amines is 1. The molecule has 1 atom stereocenters. The molecule has 1 aliphatic heterocycles. The molecule has 2 aromatic rings. The summed E-state index contributed by atoms with van der Waals surface area (Å²) in [4.78, 5) is 22.1. The third kappa shape index (κ3) is 3.94. The molecule has 1 aromatic carbocycles. The van der Waals surface area contributed by atoms with Gasteiger partial charge in [-0.25, -0.2) is 9.78 Å². The Hall–Kier alpha value is -2.24. The monoisotopic (exact) mass is 316 g/mol. The summed E-state index contributed by atoms with van der Waals surface area (Å²) in [6.45, 7) is 7.28. The van der Waals surface area contributed by atoms with E-state index in [-0.39, 0.29) is 12.1 Å². The maximum absolute atomic E-state index is 11.9. The minimum atomic E-state index is -0.475. The van der Waals surface area contributed by atoms with Crippen LogP contribution in [-0.2, 0) is 4.74 Å². The minimum Gasteiger partial charge on any atom is -0.444 e. The smallest absolute Gasteiger partial charge is 0.407 e. The number of alkyl carbamates (subject to hydrolysis) is 1. The molecular formula is C17H24N4O2. The summed E-state index contributed by atoms with van der Waals surface area (Å²) < 4.78 is 5.34. The third-order valence-electron chi connectivity index (χ3n) is 3.82. The van der Waals surface area contributed by atoms with Crippen LogP contribution in [0.25, 0.3) is 11.0 Å². The van der Waals surface area contributed by atoms with E-state index in [0.717, 1.165) is 42.9 Å². The maximum atomic E-state index is 11.9. The lowest BCUT2D eigenvalue weighted by Crippen LogP contribution is -2.49. The highest BCUT2D eigenvalue weighted by Crippen LogP contribution is 2.21. The van der Waals surface area contributed by atoms with E-state index in [9.17, 15) is 4.79 Å². The van der Waals surface area contributed by atoms with Crippen molar-refractivity contribution in [1.82, 2.24) is 15.3 Å². The van der Waals surface area contributed by atoms with Gasteiger partial charge in [-0.1, -0.05) is 12.1 Å². The zero-order valence-electron chi connectivity index (χ0n) is 13.9. The number of imidazole rings is 1. The lowest BCUT2D eigenvalue weighted by Gasteiger charge is -2.33. The Morgan fingerprint density at radius 2 is 2.17 bits per heavy atom. The van der Waals surface area contributed by atoms with Gasteiger partial charge in [0, 0.05) is 19.1 Å². The molecule has 23 heavy (non-hydrogen) atoms. The molecule has 1 aromatic heterocycles. The minimum absolute atomic E-state index is 0.0758. The van der Waals surface area contributed by atoms with Crippen LogP contribution in [0.3, 0.4) is 0 Å². The highest BCUT2D eigenvalue weighted by molar-refractivity contribution is 5.77. The fourth-order valence-electron chi connectivity index (χ4n) is 2.85. The number of aromatic nitrogens is 2. The highest BCUT2D eigenvalue weighted by atomic mass is 16.6. The van der Waals surface area contributed by atoms with Gasteiger partial charge in [-0.15, -0.1) is 0 Å². The average Bonchev–Trinajstić information content (AvgIpc) is 2.89. The molecule has 2 N–H and O–H groups in total. The normalized spacial score (nSPS) is 18.9. The summed E-state index contributed by atoms with van der Waals surface area (Å²) >= 11 is 0. The van der Waals surface area contributed by atoms with Crippen molar-refractivity contribution in [1.29, 1.82) is 0 Å². The molecule has 0 aliphatic carbocycles. The molecule has 1 saturated heterocycles. The summed E-state index contributed by atoms with van der Waals surface area (Å²) in [5, 5.41) is 2.96. The maximum Gasteiger partial charge on any atom is 0.407 e. The largest absolute Gasteiger partial charge is 0.444 e. The molecular weight excluding hydrogens is 292 g/mol. The second kappa shape index (κ2) is 6.10. The molecule has 3 rings (SSSR count). The molecule has 6 heteroatoms. The first-order chi connectivity index (χ1) is 10.9. The molecule has 0 spiro atoms. The first kappa shape index (κ1) is 15.6. The molecule has 1 fully saturated rings. The van der Waals surface area contributed by atoms with Gasteiger partial charge in [0.25, 0.3) is 0 Å². The van der Waals surface area contributed by atoms with Crippen LogP contribution in [0.4, 0.5) is 10.7 Å². The molecule has 0 saturated carbocycles. The number of ether oxygens (including phenoxy) is 1. The lowest BCUT2D eigenvalue weighted by atomic mass is 10.1. The first-order valence-electron chi connectivity index (χ1n) is 8.10. The van der Waals surface area contributed by atoms with Gasteiger partial charge in [-0.05, 0) is 45.7 Å². The van der Waals surface area contributed by atoms with Crippen LogP contribution in [0.15, 0.2) is 24.3 Å². The van der Waals surface area contributed by atoms with Crippen molar-refractivity contribution in [3.8, 4) is 0 Å². The fraction of sp³-hybridized carbons (Fsp3) is 0.529. The predicted molar refractivity (Wildman–Crippen MR) is 90.7 cm³/mol. The number of nitrogens with one attached hydrogen (secondary N) is 2. The fourth-order valence-corrected chi connectivity index (χ4v) is 2.85. The summed E-state index contributed by atoms with van der Waals surface area (Å²) in [5.74, 6) is 0.863. The van der Waals surface area contributed by atoms with Gasteiger partial charge in [-0.3, -0.25) is 0 Å². The van der Waals surface area contributed by atoms with Crippen LogP contribution >= 0.6 is 0 Å². The van der Waals surface area contributed by atoms with Crippen LogP contribution in [0.1, 0.15) is 33.6 Å². The number of hydrogen-bond acceptors (Lipinski definition) is 4. The van der Waals surface area contributed by atoms with E-state index in [1.165, 1.54) is 0 Å². The number of para-hydroxylation sites is 2. The average molecular weight is 316 g/mol. The Balaban J connectivity index is 1.65. The number of rotatable bonds is 2. The van der Waals surface area contributed by atoms with Crippen LogP contribution in [0.2, 0.25) is 0 Å². The Morgan fingerprint density at radius 1 is 1.39 bits per heavy atom. The van der Waals surface area contributed by atoms with E-state index < -0.39 is 5.60 Å². The van der Waals surface area contributed by atoms with Gasteiger partial charge in [-0.2, -0.15) is 0 Å². The second-order valence-corrected chi connectivity index (χ2v) is 7.01. The van der Waals surface area contributed by atoms with Crippen molar-refractivity contribution in [3.05, 3.63) is 24.3 Å². The van der Waals surface area contributed by atoms with Crippen molar-refractivity contribution >= 4 is 23.1 Å². The number of benzene rings is 1.